The van der Waals surface area contributed by atoms with Gasteiger partial charge in [0.15, 0.2) is 0 Å². The van der Waals surface area contributed by atoms with Crippen LogP contribution in [0.3, 0.4) is 0 Å². The summed E-state index contributed by atoms with van der Waals surface area (Å²) in [4.78, 5) is 2.51. The van der Waals surface area contributed by atoms with Crippen molar-refractivity contribution in [1.82, 2.24) is 10.6 Å². The minimum Gasteiger partial charge on any atom is -0.372 e. The van der Waals surface area contributed by atoms with Gasteiger partial charge in [-0.1, -0.05) is 12.1 Å². The fourth-order valence-corrected chi connectivity index (χ4v) is 3.13. The number of nitrogens with one attached hydrogen (secondary N) is 2. The van der Waals surface area contributed by atoms with Crippen LogP contribution in [-0.2, 0) is 6.54 Å². The first-order valence-electron chi connectivity index (χ1n) is 7.70. The first kappa shape index (κ1) is 12.9. The van der Waals surface area contributed by atoms with Crippen LogP contribution in [-0.4, -0.2) is 32.2 Å². The number of hydrogen-bond acceptors (Lipinski definition) is 3. The highest BCUT2D eigenvalue weighted by Gasteiger charge is 2.14. The van der Waals surface area contributed by atoms with E-state index in [0.717, 1.165) is 19.6 Å². The highest BCUT2D eigenvalue weighted by molar-refractivity contribution is 5.49. The molecule has 2 saturated heterocycles. The summed E-state index contributed by atoms with van der Waals surface area (Å²) in [7, 11) is 0. The molecule has 2 heterocycles. The Morgan fingerprint density at radius 1 is 1.16 bits per heavy atom. The highest BCUT2D eigenvalue weighted by atomic mass is 15.1. The van der Waals surface area contributed by atoms with Crippen molar-refractivity contribution in [3.05, 3.63) is 29.8 Å². The van der Waals surface area contributed by atoms with E-state index >= 15 is 0 Å². The number of rotatable bonds is 4. The summed E-state index contributed by atoms with van der Waals surface area (Å²) >= 11 is 0. The van der Waals surface area contributed by atoms with Crippen molar-refractivity contribution in [3.8, 4) is 0 Å². The van der Waals surface area contributed by atoms with E-state index in [1.165, 1.54) is 50.0 Å². The zero-order chi connectivity index (χ0) is 12.9. The predicted molar refractivity (Wildman–Crippen MR) is 80.6 cm³/mol. The standard InChI is InChI=1S/C16H25N3/c1-2-11-19(10-1)16-5-3-4-14(12-16)13-18-15-6-8-17-9-7-15/h3-5,12,15,17-18H,1-2,6-11,13H2. The molecule has 2 N–H and O–H groups in total. The van der Waals surface area contributed by atoms with Crippen molar-refractivity contribution in [1.29, 1.82) is 0 Å². The summed E-state index contributed by atoms with van der Waals surface area (Å²) in [6.07, 6.45) is 5.20. The average molecular weight is 259 g/mol. The Kier molecular flexibility index (Phi) is 4.36. The van der Waals surface area contributed by atoms with E-state index in [1.807, 2.05) is 0 Å². The normalized spacial score (nSPS) is 20.9. The van der Waals surface area contributed by atoms with Crippen molar-refractivity contribution in [3.63, 3.8) is 0 Å². The van der Waals surface area contributed by atoms with Crippen LogP contribution in [0.15, 0.2) is 24.3 Å². The highest BCUT2D eigenvalue weighted by Crippen LogP contribution is 2.21. The average Bonchev–Trinajstić information content (AvgIpc) is 3.01. The lowest BCUT2D eigenvalue weighted by atomic mass is 10.1. The molecule has 0 saturated carbocycles. The molecule has 2 aliphatic rings. The summed E-state index contributed by atoms with van der Waals surface area (Å²) in [5, 5.41) is 7.11. The second-order valence-electron chi connectivity index (χ2n) is 5.77. The van der Waals surface area contributed by atoms with Gasteiger partial charge in [0, 0.05) is 31.4 Å². The van der Waals surface area contributed by atoms with Crippen molar-refractivity contribution in [2.24, 2.45) is 0 Å². The summed E-state index contributed by atoms with van der Waals surface area (Å²) < 4.78 is 0. The molecule has 3 nitrogen and oxygen atoms in total. The van der Waals surface area contributed by atoms with E-state index in [4.69, 9.17) is 0 Å². The van der Waals surface area contributed by atoms with Gasteiger partial charge in [0.1, 0.15) is 0 Å². The van der Waals surface area contributed by atoms with Gasteiger partial charge >= 0.3 is 0 Å². The van der Waals surface area contributed by atoms with Gasteiger partial charge in [0.25, 0.3) is 0 Å². The number of benzene rings is 1. The lowest BCUT2D eigenvalue weighted by molar-refractivity contribution is 0.386. The maximum atomic E-state index is 3.70. The van der Waals surface area contributed by atoms with Crippen molar-refractivity contribution in [2.45, 2.75) is 38.3 Å². The first-order chi connectivity index (χ1) is 9.42. The summed E-state index contributed by atoms with van der Waals surface area (Å²) in [5.41, 5.74) is 2.82. The Balaban J connectivity index is 1.56. The molecule has 0 bridgehead atoms. The molecule has 0 aliphatic carbocycles. The van der Waals surface area contributed by atoms with Crippen LogP contribution in [0.2, 0.25) is 0 Å². The minimum absolute atomic E-state index is 0.691. The SMILES string of the molecule is c1cc(CNC2CCNCC2)cc(N2CCCC2)c1. The quantitative estimate of drug-likeness (QED) is 0.867. The largest absolute Gasteiger partial charge is 0.372 e. The molecule has 3 heteroatoms. The minimum atomic E-state index is 0.691. The van der Waals surface area contributed by atoms with Gasteiger partial charge in [0.05, 0.1) is 0 Å². The second-order valence-corrected chi connectivity index (χ2v) is 5.77. The number of anilines is 1. The fourth-order valence-electron chi connectivity index (χ4n) is 3.13. The van der Waals surface area contributed by atoms with E-state index in [0.29, 0.717) is 6.04 Å². The maximum Gasteiger partial charge on any atom is 0.0369 e. The zero-order valence-corrected chi connectivity index (χ0v) is 11.7. The summed E-state index contributed by atoms with van der Waals surface area (Å²) in [6.45, 7) is 5.78. The maximum absolute atomic E-state index is 3.70. The van der Waals surface area contributed by atoms with Gasteiger partial charge in [-0.15, -0.1) is 0 Å². The number of nitrogens with zero attached hydrogens (tertiary/aromatic N) is 1. The lowest BCUT2D eigenvalue weighted by Crippen LogP contribution is -2.39. The van der Waals surface area contributed by atoms with E-state index in [9.17, 15) is 0 Å². The second kappa shape index (κ2) is 6.40. The van der Waals surface area contributed by atoms with Gasteiger partial charge in [-0.3, -0.25) is 0 Å². The molecule has 1 aromatic rings. The molecule has 19 heavy (non-hydrogen) atoms. The van der Waals surface area contributed by atoms with E-state index in [1.54, 1.807) is 0 Å². The van der Waals surface area contributed by atoms with Gasteiger partial charge in [0.2, 0.25) is 0 Å². The molecule has 0 spiro atoms. The van der Waals surface area contributed by atoms with Crippen molar-refractivity contribution in [2.75, 3.05) is 31.1 Å². The third-order valence-corrected chi connectivity index (χ3v) is 4.32. The van der Waals surface area contributed by atoms with Crippen molar-refractivity contribution >= 4 is 5.69 Å². The molecule has 0 amide bonds. The molecule has 0 aromatic heterocycles. The number of piperidine rings is 1. The van der Waals surface area contributed by atoms with E-state index in [-0.39, 0.29) is 0 Å². The molecule has 2 fully saturated rings. The molecule has 0 atom stereocenters. The zero-order valence-electron chi connectivity index (χ0n) is 11.7. The lowest BCUT2D eigenvalue weighted by Gasteiger charge is -2.24. The van der Waals surface area contributed by atoms with Gasteiger partial charge in [-0.2, -0.15) is 0 Å². The van der Waals surface area contributed by atoms with Crippen LogP contribution < -0.4 is 15.5 Å². The van der Waals surface area contributed by atoms with Crippen LogP contribution in [0.4, 0.5) is 5.69 Å². The Labute approximate surface area is 116 Å². The predicted octanol–water partition coefficient (Wildman–Crippen LogP) is 2.13. The molecule has 0 unspecified atom stereocenters. The van der Waals surface area contributed by atoms with E-state index in [2.05, 4.69) is 39.8 Å². The van der Waals surface area contributed by atoms with Crippen LogP contribution in [0, 0.1) is 0 Å². The van der Waals surface area contributed by atoms with Gasteiger partial charge < -0.3 is 15.5 Å². The number of hydrogen-bond donors (Lipinski definition) is 2. The fraction of sp³-hybridized carbons (Fsp3) is 0.625. The van der Waals surface area contributed by atoms with Crippen LogP contribution in [0.5, 0.6) is 0 Å². The molecule has 3 rings (SSSR count). The summed E-state index contributed by atoms with van der Waals surface area (Å²) in [6, 6.07) is 9.75. The Bertz CT molecular complexity index is 393. The molecule has 104 valence electrons. The molecule has 2 aliphatic heterocycles. The Morgan fingerprint density at radius 2 is 1.95 bits per heavy atom. The van der Waals surface area contributed by atoms with Gasteiger partial charge in [-0.05, 0) is 56.5 Å². The van der Waals surface area contributed by atoms with Crippen LogP contribution >= 0.6 is 0 Å². The molecular formula is C16H25N3. The molecule has 1 aromatic carbocycles. The Hall–Kier alpha value is -1.06. The third-order valence-electron chi connectivity index (χ3n) is 4.32. The molecule has 0 radical (unpaired) electrons. The summed E-state index contributed by atoms with van der Waals surface area (Å²) in [5.74, 6) is 0. The Morgan fingerprint density at radius 3 is 2.74 bits per heavy atom. The van der Waals surface area contributed by atoms with E-state index < -0.39 is 0 Å². The topological polar surface area (TPSA) is 27.3 Å². The van der Waals surface area contributed by atoms with Crippen molar-refractivity contribution < 1.29 is 0 Å². The third kappa shape index (κ3) is 3.48. The van der Waals surface area contributed by atoms with Crippen LogP contribution in [0.25, 0.3) is 0 Å². The van der Waals surface area contributed by atoms with Crippen LogP contribution in [0.1, 0.15) is 31.2 Å². The first-order valence-corrected chi connectivity index (χ1v) is 7.70. The smallest absolute Gasteiger partial charge is 0.0369 e. The monoisotopic (exact) mass is 259 g/mol. The van der Waals surface area contributed by atoms with Gasteiger partial charge in [-0.25, -0.2) is 0 Å². The molecular weight excluding hydrogens is 234 g/mol.